The van der Waals surface area contributed by atoms with E-state index in [0.29, 0.717) is 13.0 Å². The number of carboxylic acid groups (broad SMARTS) is 2. The number of aliphatic carboxylic acids is 2. The molecule has 124 valence electrons. The molecule has 0 aliphatic rings. The zero-order valence-electron chi connectivity index (χ0n) is 12.7. The maximum atomic E-state index is 10.7. The van der Waals surface area contributed by atoms with Crippen molar-refractivity contribution in [3.8, 4) is 0 Å². The summed E-state index contributed by atoms with van der Waals surface area (Å²) in [7, 11) is 0. The Kier molecular flexibility index (Phi) is 13.5. The molecule has 0 bridgehead atoms. The number of rotatable bonds is 8. The molecule has 0 aliphatic carbocycles. The summed E-state index contributed by atoms with van der Waals surface area (Å²) in [6.07, 6.45) is 4.65. The van der Waals surface area contributed by atoms with Crippen LogP contribution in [0.2, 0.25) is 0 Å². The highest BCUT2D eigenvalue weighted by molar-refractivity contribution is 5.92. The number of hydrogen-bond donors (Lipinski definition) is 3. The van der Waals surface area contributed by atoms with Gasteiger partial charge in [0.1, 0.15) is 0 Å². The van der Waals surface area contributed by atoms with Gasteiger partial charge in [0.2, 0.25) is 0 Å². The molecule has 22 heavy (non-hydrogen) atoms. The van der Waals surface area contributed by atoms with Gasteiger partial charge in [-0.05, 0) is 18.9 Å². The maximum Gasteiger partial charge on any atom is 0.335 e. The lowest BCUT2D eigenvalue weighted by atomic mass is 10.2. The van der Waals surface area contributed by atoms with Crippen LogP contribution in [-0.2, 0) is 19.1 Å². The van der Waals surface area contributed by atoms with E-state index in [4.69, 9.17) is 15.3 Å². The van der Waals surface area contributed by atoms with Gasteiger partial charge < -0.3 is 20.1 Å². The molecule has 0 rings (SSSR count). The Labute approximate surface area is 129 Å². The molecular formula is C15H22O7. The average Bonchev–Trinajstić information content (AvgIpc) is 2.48. The van der Waals surface area contributed by atoms with Gasteiger partial charge in [-0.2, -0.15) is 0 Å². The Bertz CT molecular complexity index is 447. The minimum atomic E-state index is -1.15. The average molecular weight is 314 g/mol. The van der Waals surface area contributed by atoms with Gasteiger partial charge in [0.05, 0.1) is 24.4 Å². The first-order valence-corrected chi connectivity index (χ1v) is 6.60. The van der Waals surface area contributed by atoms with Crippen molar-refractivity contribution in [1.29, 1.82) is 0 Å². The number of aliphatic hydroxyl groups is 1. The van der Waals surface area contributed by atoms with Crippen molar-refractivity contribution in [2.75, 3.05) is 13.2 Å². The third-order valence-corrected chi connectivity index (χ3v) is 1.99. The number of allylic oxidation sites excluding steroid dienone is 1. The second kappa shape index (κ2) is 13.6. The minimum Gasteiger partial charge on any atom is -0.478 e. The third-order valence-electron chi connectivity index (χ3n) is 1.99. The number of hydrogen-bond acceptors (Lipinski definition) is 5. The van der Waals surface area contributed by atoms with Crippen LogP contribution in [0.3, 0.4) is 0 Å². The van der Waals surface area contributed by atoms with Crippen LogP contribution in [-0.4, -0.2) is 46.4 Å². The Balaban J connectivity index is 0. The fraction of sp³-hybridized carbons (Fsp3) is 0.400. The SMILES string of the molecule is C=C(CO)C(=O)OCCC.CCC=C(C=CC(=O)O)C(=O)O. The summed E-state index contributed by atoms with van der Waals surface area (Å²) in [5.74, 6) is -2.78. The van der Waals surface area contributed by atoms with E-state index in [-0.39, 0.29) is 17.8 Å². The first-order valence-electron chi connectivity index (χ1n) is 6.60. The van der Waals surface area contributed by atoms with Crippen molar-refractivity contribution < 1.29 is 34.4 Å². The van der Waals surface area contributed by atoms with Gasteiger partial charge in [-0.15, -0.1) is 0 Å². The number of esters is 1. The first kappa shape index (κ1) is 21.9. The summed E-state index contributed by atoms with van der Waals surface area (Å²) in [5.41, 5.74) is 0.105. The topological polar surface area (TPSA) is 121 Å². The van der Waals surface area contributed by atoms with Crippen LogP contribution >= 0.6 is 0 Å². The Hall–Kier alpha value is -2.41. The molecule has 0 aliphatic heterocycles. The molecule has 7 nitrogen and oxygen atoms in total. The minimum absolute atomic E-state index is 0.0000926. The number of carboxylic acids is 2. The molecule has 0 unspecified atom stereocenters. The van der Waals surface area contributed by atoms with Gasteiger partial charge in [0.25, 0.3) is 0 Å². The van der Waals surface area contributed by atoms with E-state index in [2.05, 4.69) is 11.3 Å². The molecule has 0 saturated heterocycles. The highest BCUT2D eigenvalue weighted by Crippen LogP contribution is 1.98. The van der Waals surface area contributed by atoms with E-state index >= 15 is 0 Å². The number of aliphatic hydroxyl groups excluding tert-OH is 1. The molecule has 3 N–H and O–H groups in total. The first-order chi connectivity index (χ1) is 10.3. The van der Waals surface area contributed by atoms with Gasteiger partial charge in [-0.1, -0.05) is 26.5 Å². The lowest BCUT2D eigenvalue weighted by molar-refractivity contribution is -0.139. The van der Waals surface area contributed by atoms with Gasteiger partial charge >= 0.3 is 17.9 Å². The summed E-state index contributed by atoms with van der Waals surface area (Å²) in [5, 5.41) is 25.1. The Morgan fingerprint density at radius 3 is 2.09 bits per heavy atom. The highest BCUT2D eigenvalue weighted by Gasteiger charge is 2.04. The fourth-order valence-corrected chi connectivity index (χ4v) is 0.969. The predicted molar refractivity (Wildman–Crippen MR) is 80.3 cm³/mol. The van der Waals surface area contributed by atoms with Crippen LogP contribution in [0.25, 0.3) is 0 Å². The molecule has 0 aromatic rings. The van der Waals surface area contributed by atoms with E-state index in [1.165, 1.54) is 6.08 Å². The number of carbonyl (C=O) groups excluding carboxylic acids is 1. The van der Waals surface area contributed by atoms with Gasteiger partial charge in [-0.3, -0.25) is 0 Å². The quantitative estimate of drug-likeness (QED) is 0.353. The number of ether oxygens (including phenoxy) is 1. The van der Waals surface area contributed by atoms with Crippen molar-refractivity contribution in [2.45, 2.75) is 26.7 Å². The zero-order chi connectivity index (χ0) is 17.5. The second-order valence-corrected chi connectivity index (χ2v) is 3.94. The van der Waals surface area contributed by atoms with E-state index in [1.807, 2.05) is 6.92 Å². The van der Waals surface area contributed by atoms with E-state index in [0.717, 1.165) is 18.6 Å². The molecule has 0 saturated carbocycles. The summed E-state index contributed by atoms with van der Waals surface area (Å²) in [6.45, 7) is 7.03. The standard InChI is InChI=1S/C8H10O4.C7H12O3/c1-2-3-6(8(11)12)4-5-7(9)10;1-3-4-10-7(9)6(2)5-8/h3-5H,2H2,1H3,(H,9,10)(H,11,12);8H,2-5H2,1H3. The van der Waals surface area contributed by atoms with E-state index in [1.54, 1.807) is 6.92 Å². The second-order valence-electron chi connectivity index (χ2n) is 3.94. The predicted octanol–water partition coefficient (Wildman–Crippen LogP) is 1.54. The van der Waals surface area contributed by atoms with Gasteiger partial charge in [-0.25, -0.2) is 14.4 Å². The molecule has 0 amide bonds. The monoisotopic (exact) mass is 314 g/mol. The molecule has 7 heteroatoms. The summed E-state index contributed by atoms with van der Waals surface area (Å²) in [4.78, 5) is 31.1. The maximum absolute atomic E-state index is 10.7. The van der Waals surface area contributed by atoms with Crippen molar-refractivity contribution >= 4 is 17.9 Å². The zero-order valence-corrected chi connectivity index (χ0v) is 12.7. The highest BCUT2D eigenvalue weighted by atomic mass is 16.5. The van der Waals surface area contributed by atoms with Crippen molar-refractivity contribution in [3.63, 3.8) is 0 Å². The smallest absolute Gasteiger partial charge is 0.335 e. The molecule has 0 aromatic carbocycles. The Morgan fingerprint density at radius 1 is 1.14 bits per heavy atom. The van der Waals surface area contributed by atoms with Crippen LogP contribution in [0.4, 0.5) is 0 Å². The molecule has 0 aromatic heterocycles. The Morgan fingerprint density at radius 2 is 1.73 bits per heavy atom. The summed E-state index contributed by atoms with van der Waals surface area (Å²) >= 11 is 0. The van der Waals surface area contributed by atoms with Crippen LogP contribution < -0.4 is 0 Å². The van der Waals surface area contributed by atoms with Crippen LogP contribution in [0.1, 0.15) is 26.7 Å². The van der Waals surface area contributed by atoms with Gasteiger partial charge in [0, 0.05) is 6.08 Å². The molecule has 0 atom stereocenters. The van der Waals surface area contributed by atoms with Crippen LogP contribution in [0.15, 0.2) is 36.0 Å². The normalized spacial score (nSPS) is 10.6. The molecule has 0 radical (unpaired) electrons. The largest absolute Gasteiger partial charge is 0.478 e. The molecular weight excluding hydrogens is 292 g/mol. The van der Waals surface area contributed by atoms with Crippen molar-refractivity contribution in [3.05, 3.63) is 36.0 Å². The number of carbonyl (C=O) groups is 3. The molecule has 0 fully saturated rings. The fourth-order valence-electron chi connectivity index (χ4n) is 0.969. The van der Waals surface area contributed by atoms with Gasteiger partial charge in [0.15, 0.2) is 0 Å². The summed E-state index contributed by atoms with van der Waals surface area (Å²) in [6, 6.07) is 0. The van der Waals surface area contributed by atoms with Crippen molar-refractivity contribution in [1.82, 2.24) is 0 Å². The van der Waals surface area contributed by atoms with Crippen LogP contribution in [0, 0.1) is 0 Å². The van der Waals surface area contributed by atoms with Crippen LogP contribution in [0.5, 0.6) is 0 Å². The molecule has 0 heterocycles. The third kappa shape index (κ3) is 12.6. The summed E-state index contributed by atoms with van der Waals surface area (Å²) < 4.78 is 4.65. The van der Waals surface area contributed by atoms with E-state index in [9.17, 15) is 14.4 Å². The molecule has 0 spiro atoms. The van der Waals surface area contributed by atoms with Crippen molar-refractivity contribution in [2.24, 2.45) is 0 Å². The lowest BCUT2D eigenvalue weighted by Crippen LogP contribution is -2.10. The van der Waals surface area contributed by atoms with E-state index < -0.39 is 17.9 Å². The lowest BCUT2D eigenvalue weighted by Gasteiger charge is -2.01.